The molecule has 1 aromatic heterocycles. The summed E-state index contributed by atoms with van der Waals surface area (Å²) >= 11 is 1.48. The molecule has 1 N–H and O–H groups in total. The van der Waals surface area contributed by atoms with Gasteiger partial charge in [-0.15, -0.1) is 11.3 Å². The van der Waals surface area contributed by atoms with Crippen molar-refractivity contribution in [1.29, 1.82) is 0 Å². The monoisotopic (exact) mass is 315 g/mol. The van der Waals surface area contributed by atoms with Gasteiger partial charge in [-0.2, -0.15) is 0 Å². The molecule has 0 unspecified atom stereocenters. The van der Waals surface area contributed by atoms with Gasteiger partial charge in [-0.25, -0.2) is 4.98 Å². The number of likely N-dealkylation sites (tertiary alicyclic amines) is 1. The van der Waals surface area contributed by atoms with Crippen LogP contribution in [0.25, 0.3) is 0 Å². The number of aryl methyl sites for hydroxylation is 2. The fourth-order valence-electron chi connectivity index (χ4n) is 2.76. The second kappa shape index (κ2) is 6.48. The van der Waals surface area contributed by atoms with Gasteiger partial charge in [0.25, 0.3) is 5.91 Å². The van der Waals surface area contributed by atoms with Crippen molar-refractivity contribution in [1.82, 2.24) is 9.88 Å². The number of nitrogens with zero attached hydrogens (tertiary/aromatic N) is 2. The number of hydrogen-bond acceptors (Lipinski definition) is 4. The molecule has 5 heteroatoms. The van der Waals surface area contributed by atoms with Crippen molar-refractivity contribution in [2.75, 3.05) is 18.4 Å². The van der Waals surface area contributed by atoms with Crippen molar-refractivity contribution in [3.8, 4) is 0 Å². The molecule has 0 saturated carbocycles. The van der Waals surface area contributed by atoms with Crippen LogP contribution in [-0.2, 0) is 0 Å². The Morgan fingerprint density at radius 2 is 2.00 bits per heavy atom. The van der Waals surface area contributed by atoms with E-state index >= 15 is 0 Å². The Labute approximate surface area is 135 Å². The van der Waals surface area contributed by atoms with E-state index in [4.69, 9.17) is 0 Å². The van der Waals surface area contributed by atoms with Crippen LogP contribution in [0, 0.1) is 13.8 Å². The third-order valence-corrected chi connectivity index (χ3v) is 4.75. The maximum atomic E-state index is 12.4. The Bertz CT molecular complexity index is 674. The smallest absolute Gasteiger partial charge is 0.273 e. The number of piperidine rings is 1. The Hall–Kier alpha value is -1.88. The first-order valence-electron chi connectivity index (χ1n) is 7.72. The number of nitrogens with one attached hydrogen (secondary N) is 1. The number of aromatic nitrogens is 1. The predicted octanol–water partition coefficient (Wildman–Crippen LogP) is 4.13. The lowest BCUT2D eigenvalue weighted by molar-refractivity contribution is 0.0719. The molecule has 2 aromatic rings. The maximum Gasteiger partial charge on any atom is 0.273 e. The minimum absolute atomic E-state index is 0.0598. The van der Waals surface area contributed by atoms with Gasteiger partial charge in [0.1, 0.15) is 5.69 Å². The largest absolute Gasteiger partial charge is 0.337 e. The average Bonchev–Trinajstić information content (AvgIpc) is 2.99. The number of benzene rings is 1. The van der Waals surface area contributed by atoms with Crippen LogP contribution in [0.4, 0.5) is 10.8 Å². The highest BCUT2D eigenvalue weighted by Crippen LogP contribution is 2.25. The first-order chi connectivity index (χ1) is 10.6. The highest BCUT2D eigenvalue weighted by atomic mass is 32.1. The zero-order valence-electron chi connectivity index (χ0n) is 13.1. The number of carbonyl (C=O) groups excluding carboxylic acids is 1. The SMILES string of the molecule is Cc1ccc(Nc2nc(C(=O)N3CCCCC3)cs2)c(C)c1. The van der Waals surface area contributed by atoms with Crippen LogP contribution in [0.15, 0.2) is 23.6 Å². The van der Waals surface area contributed by atoms with E-state index in [0.717, 1.165) is 36.8 Å². The van der Waals surface area contributed by atoms with Gasteiger partial charge in [0.2, 0.25) is 0 Å². The molecule has 1 fully saturated rings. The first-order valence-corrected chi connectivity index (χ1v) is 8.60. The molecule has 1 aromatic carbocycles. The van der Waals surface area contributed by atoms with Gasteiger partial charge in [0.15, 0.2) is 5.13 Å². The molecule has 3 rings (SSSR count). The highest BCUT2D eigenvalue weighted by molar-refractivity contribution is 7.14. The molecule has 0 radical (unpaired) electrons. The highest BCUT2D eigenvalue weighted by Gasteiger charge is 2.20. The second-order valence-electron chi connectivity index (χ2n) is 5.83. The molecule has 1 aliphatic rings. The maximum absolute atomic E-state index is 12.4. The van der Waals surface area contributed by atoms with E-state index in [1.807, 2.05) is 10.3 Å². The molecule has 116 valence electrons. The lowest BCUT2D eigenvalue weighted by Gasteiger charge is -2.25. The van der Waals surface area contributed by atoms with Crippen molar-refractivity contribution in [3.63, 3.8) is 0 Å². The standard InChI is InChI=1S/C17H21N3OS/c1-12-6-7-14(13(2)10-12)18-17-19-15(11-22-17)16(21)20-8-4-3-5-9-20/h6-7,10-11H,3-5,8-9H2,1-2H3,(H,18,19). The van der Waals surface area contributed by atoms with E-state index < -0.39 is 0 Å². The summed E-state index contributed by atoms with van der Waals surface area (Å²) in [6, 6.07) is 6.26. The van der Waals surface area contributed by atoms with E-state index in [0.29, 0.717) is 5.69 Å². The third-order valence-electron chi connectivity index (χ3n) is 3.99. The van der Waals surface area contributed by atoms with Crippen LogP contribution < -0.4 is 5.32 Å². The van der Waals surface area contributed by atoms with Crippen LogP contribution in [-0.4, -0.2) is 28.9 Å². The number of anilines is 2. The number of amides is 1. The van der Waals surface area contributed by atoms with Gasteiger partial charge >= 0.3 is 0 Å². The van der Waals surface area contributed by atoms with Crippen molar-refractivity contribution < 1.29 is 4.79 Å². The molecule has 0 aliphatic carbocycles. The third kappa shape index (κ3) is 3.30. The lowest BCUT2D eigenvalue weighted by atomic mass is 10.1. The zero-order chi connectivity index (χ0) is 15.5. The Morgan fingerprint density at radius 1 is 1.23 bits per heavy atom. The summed E-state index contributed by atoms with van der Waals surface area (Å²) in [4.78, 5) is 18.8. The van der Waals surface area contributed by atoms with E-state index in [-0.39, 0.29) is 5.91 Å². The normalized spacial score (nSPS) is 14.9. The summed E-state index contributed by atoms with van der Waals surface area (Å²) in [6.07, 6.45) is 3.42. The van der Waals surface area contributed by atoms with Crippen LogP contribution in [0.1, 0.15) is 40.9 Å². The molecule has 1 amide bonds. The summed E-state index contributed by atoms with van der Waals surface area (Å²) in [5.74, 6) is 0.0598. The summed E-state index contributed by atoms with van der Waals surface area (Å²) < 4.78 is 0. The minimum Gasteiger partial charge on any atom is -0.337 e. The fourth-order valence-corrected chi connectivity index (χ4v) is 3.45. The molecule has 1 aliphatic heterocycles. The van der Waals surface area contributed by atoms with Gasteiger partial charge < -0.3 is 10.2 Å². The van der Waals surface area contributed by atoms with E-state index in [9.17, 15) is 4.79 Å². The molecule has 1 saturated heterocycles. The lowest BCUT2D eigenvalue weighted by Crippen LogP contribution is -2.35. The van der Waals surface area contributed by atoms with Crippen molar-refractivity contribution in [2.24, 2.45) is 0 Å². The molecule has 0 spiro atoms. The summed E-state index contributed by atoms with van der Waals surface area (Å²) in [7, 11) is 0. The van der Waals surface area contributed by atoms with Gasteiger partial charge in [-0.3, -0.25) is 4.79 Å². The Balaban J connectivity index is 1.71. The van der Waals surface area contributed by atoms with Crippen LogP contribution in [0.2, 0.25) is 0 Å². The quantitative estimate of drug-likeness (QED) is 0.926. The number of hydrogen-bond donors (Lipinski definition) is 1. The van der Waals surface area contributed by atoms with Crippen LogP contribution >= 0.6 is 11.3 Å². The molecule has 0 bridgehead atoms. The van der Waals surface area contributed by atoms with Gasteiger partial charge in [0.05, 0.1) is 0 Å². The summed E-state index contributed by atoms with van der Waals surface area (Å²) in [5.41, 5.74) is 4.01. The first kappa shape index (κ1) is 15.0. The van der Waals surface area contributed by atoms with Gasteiger partial charge in [-0.05, 0) is 44.7 Å². The molecule has 22 heavy (non-hydrogen) atoms. The molecule has 2 heterocycles. The number of rotatable bonds is 3. The van der Waals surface area contributed by atoms with Crippen LogP contribution in [0.5, 0.6) is 0 Å². The van der Waals surface area contributed by atoms with Crippen molar-refractivity contribution in [3.05, 3.63) is 40.4 Å². The topological polar surface area (TPSA) is 45.2 Å². The molecular formula is C17H21N3OS. The zero-order valence-corrected chi connectivity index (χ0v) is 13.9. The summed E-state index contributed by atoms with van der Waals surface area (Å²) in [5, 5.41) is 5.93. The van der Waals surface area contributed by atoms with Gasteiger partial charge in [0, 0.05) is 24.2 Å². The molecule has 4 nitrogen and oxygen atoms in total. The van der Waals surface area contributed by atoms with Crippen molar-refractivity contribution in [2.45, 2.75) is 33.1 Å². The molecular weight excluding hydrogens is 294 g/mol. The Kier molecular flexibility index (Phi) is 4.43. The van der Waals surface area contributed by atoms with Gasteiger partial charge in [-0.1, -0.05) is 17.7 Å². The average molecular weight is 315 g/mol. The van der Waals surface area contributed by atoms with E-state index in [1.54, 1.807) is 0 Å². The van der Waals surface area contributed by atoms with E-state index in [2.05, 4.69) is 42.3 Å². The Morgan fingerprint density at radius 3 is 2.73 bits per heavy atom. The minimum atomic E-state index is 0.0598. The summed E-state index contributed by atoms with van der Waals surface area (Å²) in [6.45, 7) is 5.87. The predicted molar refractivity (Wildman–Crippen MR) is 91.1 cm³/mol. The van der Waals surface area contributed by atoms with Crippen LogP contribution in [0.3, 0.4) is 0 Å². The van der Waals surface area contributed by atoms with Crippen molar-refractivity contribution >= 4 is 28.1 Å². The van der Waals surface area contributed by atoms with E-state index in [1.165, 1.54) is 28.9 Å². The molecule has 0 atom stereocenters. The second-order valence-corrected chi connectivity index (χ2v) is 6.69. The fraction of sp³-hybridized carbons (Fsp3) is 0.412. The number of carbonyl (C=O) groups is 1. The number of thiazole rings is 1.